The van der Waals surface area contributed by atoms with Crippen molar-refractivity contribution in [1.29, 1.82) is 0 Å². The molecule has 94 valence electrons. The number of hydrogen-bond acceptors (Lipinski definition) is 4. The maximum Gasteiger partial charge on any atom is 0.294 e. The molecule has 6 heteroatoms. The van der Waals surface area contributed by atoms with Crippen LogP contribution in [0, 0.1) is 11.8 Å². The van der Waals surface area contributed by atoms with Crippen LogP contribution in [0.1, 0.15) is 27.7 Å². The summed E-state index contributed by atoms with van der Waals surface area (Å²) in [6.45, 7) is 7.32. The molecule has 0 aromatic carbocycles. The molecule has 4 nitrogen and oxygen atoms in total. The second kappa shape index (κ2) is 8.52. The molecule has 0 N–H and O–H groups in total. The largest absolute Gasteiger partial charge is 0.525 e. The van der Waals surface area contributed by atoms with Gasteiger partial charge in [-0.1, -0.05) is 27.7 Å². The van der Waals surface area contributed by atoms with Gasteiger partial charge in [0.25, 0.3) is 11.9 Å². The van der Waals surface area contributed by atoms with Gasteiger partial charge in [-0.05, 0) is 12.1 Å². The summed E-state index contributed by atoms with van der Waals surface area (Å²) in [7, 11) is -1.50. The van der Waals surface area contributed by atoms with Gasteiger partial charge in [-0.3, -0.25) is 9.59 Å². The molecule has 0 spiro atoms. The summed E-state index contributed by atoms with van der Waals surface area (Å²) in [5.74, 6) is -0.285. The van der Waals surface area contributed by atoms with E-state index in [4.69, 9.17) is 8.85 Å². The van der Waals surface area contributed by atoms with Gasteiger partial charge >= 0.3 is 0 Å². The molecule has 0 radical (unpaired) electrons. The molecule has 0 amide bonds. The molecule has 16 heavy (non-hydrogen) atoms. The van der Waals surface area contributed by atoms with E-state index < -0.39 is 19.5 Å². The summed E-state index contributed by atoms with van der Waals surface area (Å²) in [6.07, 6.45) is 0. The fourth-order valence-electron chi connectivity index (χ4n) is 0.883. The van der Waals surface area contributed by atoms with E-state index in [1.54, 1.807) is 0 Å². The zero-order valence-corrected chi connectivity index (χ0v) is 13.4. The molecular weight excluding hydrogens is 240 g/mol. The van der Waals surface area contributed by atoms with Crippen molar-refractivity contribution in [3.63, 3.8) is 0 Å². The number of hydrogen-bond donors (Lipinski definition) is 0. The summed E-state index contributed by atoms with van der Waals surface area (Å²) < 4.78 is 10.3. The van der Waals surface area contributed by atoms with Crippen LogP contribution in [0.25, 0.3) is 0 Å². The van der Waals surface area contributed by atoms with Crippen LogP contribution in [0.3, 0.4) is 0 Å². The Labute approximate surface area is 102 Å². The van der Waals surface area contributed by atoms with Crippen molar-refractivity contribution in [1.82, 2.24) is 0 Å². The standard InChI is InChI=1S/C10H22O4Si2/c1-7(2)9(11)13-15-5-6-16-14-10(12)8(3)4/h7-8H,5-6,15-16H2,1-4H3. The highest BCUT2D eigenvalue weighted by Crippen LogP contribution is 1.99. The van der Waals surface area contributed by atoms with Crippen LogP contribution in [-0.2, 0) is 18.4 Å². The van der Waals surface area contributed by atoms with Crippen LogP contribution in [0.5, 0.6) is 0 Å². The highest BCUT2D eigenvalue weighted by atomic mass is 28.2. The van der Waals surface area contributed by atoms with Crippen LogP contribution >= 0.6 is 0 Å². The lowest BCUT2D eigenvalue weighted by Crippen LogP contribution is -2.16. The molecule has 0 aliphatic carbocycles. The van der Waals surface area contributed by atoms with E-state index >= 15 is 0 Å². The van der Waals surface area contributed by atoms with E-state index in [0.29, 0.717) is 0 Å². The Morgan fingerprint density at radius 3 is 1.44 bits per heavy atom. The van der Waals surface area contributed by atoms with E-state index in [1.807, 2.05) is 27.7 Å². The average Bonchev–Trinajstić information content (AvgIpc) is 2.21. The monoisotopic (exact) mass is 262 g/mol. The molecule has 0 saturated carbocycles. The van der Waals surface area contributed by atoms with Crippen LogP contribution in [0.2, 0.25) is 12.1 Å². The third-order valence-electron chi connectivity index (χ3n) is 1.97. The Morgan fingerprint density at radius 1 is 0.875 bits per heavy atom. The molecule has 0 heterocycles. The molecule has 0 atom stereocenters. The highest BCUT2D eigenvalue weighted by molar-refractivity contribution is 6.37. The molecule has 0 unspecified atom stereocenters. The normalized spacial score (nSPS) is 12.1. The van der Waals surface area contributed by atoms with Gasteiger partial charge in [0.15, 0.2) is 0 Å². The summed E-state index contributed by atoms with van der Waals surface area (Å²) in [4.78, 5) is 22.2. The van der Waals surface area contributed by atoms with Gasteiger partial charge in [0.1, 0.15) is 0 Å². The van der Waals surface area contributed by atoms with Crippen LogP contribution < -0.4 is 0 Å². The Balaban J connectivity index is 3.35. The fourth-order valence-corrected chi connectivity index (χ4v) is 3.87. The molecule has 0 fully saturated rings. The summed E-state index contributed by atoms with van der Waals surface area (Å²) in [5.41, 5.74) is 0. The maximum absolute atomic E-state index is 11.1. The number of rotatable bonds is 7. The van der Waals surface area contributed by atoms with E-state index in [2.05, 4.69) is 0 Å². The summed E-state index contributed by atoms with van der Waals surface area (Å²) in [5, 5.41) is 0. The molecular formula is C10H22O4Si2. The van der Waals surface area contributed by atoms with Crippen molar-refractivity contribution in [2.75, 3.05) is 0 Å². The van der Waals surface area contributed by atoms with Crippen molar-refractivity contribution >= 4 is 31.5 Å². The second-order valence-electron chi connectivity index (χ2n) is 4.35. The summed E-state index contributed by atoms with van der Waals surface area (Å²) >= 11 is 0. The third kappa shape index (κ3) is 7.64. The lowest BCUT2D eigenvalue weighted by Gasteiger charge is -2.08. The van der Waals surface area contributed by atoms with E-state index in [9.17, 15) is 9.59 Å². The van der Waals surface area contributed by atoms with Gasteiger partial charge in [-0.25, -0.2) is 0 Å². The molecule has 0 bridgehead atoms. The molecule has 0 aliphatic heterocycles. The van der Waals surface area contributed by atoms with Gasteiger partial charge in [0.05, 0.1) is 0 Å². The SMILES string of the molecule is CC(C)C(=O)O[SiH2]CC[SiH2]OC(=O)C(C)C. The van der Waals surface area contributed by atoms with Crippen molar-refractivity contribution < 1.29 is 18.4 Å². The van der Waals surface area contributed by atoms with Crippen LogP contribution in [0.15, 0.2) is 0 Å². The first-order valence-corrected chi connectivity index (χ1v) is 8.94. The Kier molecular flexibility index (Phi) is 8.18. The number of carbonyl (C=O) groups is 2. The molecule has 0 rings (SSSR count). The first-order valence-electron chi connectivity index (χ1n) is 5.78. The molecule has 0 saturated heterocycles. The van der Waals surface area contributed by atoms with Crippen LogP contribution in [-0.4, -0.2) is 31.5 Å². The third-order valence-corrected chi connectivity index (χ3v) is 5.52. The minimum atomic E-state index is -0.749. The molecule has 0 aliphatic rings. The maximum atomic E-state index is 11.1. The van der Waals surface area contributed by atoms with Crippen molar-refractivity contribution in [3.8, 4) is 0 Å². The van der Waals surface area contributed by atoms with Gasteiger partial charge in [-0.15, -0.1) is 0 Å². The Hall–Kier alpha value is -0.626. The predicted molar refractivity (Wildman–Crippen MR) is 68.6 cm³/mol. The topological polar surface area (TPSA) is 52.6 Å². The first-order chi connectivity index (χ1) is 7.45. The average molecular weight is 262 g/mol. The van der Waals surface area contributed by atoms with E-state index in [0.717, 1.165) is 12.1 Å². The molecule has 0 aromatic heterocycles. The van der Waals surface area contributed by atoms with Gasteiger partial charge < -0.3 is 8.85 Å². The van der Waals surface area contributed by atoms with Crippen LogP contribution in [0.4, 0.5) is 0 Å². The summed E-state index contributed by atoms with van der Waals surface area (Å²) in [6, 6.07) is 1.85. The number of carbonyl (C=O) groups excluding carboxylic acids is 2. The lowest BCUT2D eigenvalue weighted by atomic mass is 10.2. The molecule has 0 aromatic rings. The zero-order chi connectivity index (χ0) is 12.6. The fraction of sp³-hybridized carbons (Fsp3) is 0.800. The second-order valence-corrected chi connectivity index (χ2v) is 7.16. The smallest absolute Gasteiger partial charge is 0.294 e. The minimum Gasteiger partial charge on any atom is -0.525 e. The minimum absolute atomic E-state index is 0.0384. The first kappa shape index (κ1) is 15.4. The predicted octanol–water partition coefficient (Wildman–Crippen LogP) is 0.389. The van der Waals surface area contributed by atoms with Crippen molar-refractivity contribution in [2.45, 2.75) is 39.8 Å². The van der Waals surface area contributed by atoms with Crippen molar-refractivity contribution in [2.24, 2.45) is 11.8 Å². The van der Waals surface area contributed by atoms with E-state index in [1.165, 1.54) is 0 Å². The quantitative estimate of drug-likeness (QED) is 0.492. The van der Waals surface area contributed by atoms with Crippen molar-refractivity contribution in [3.05, 3.63) is 0 Å². The van der Waals surface area contributed by atoms with Gasteiger partial charge in [0, 0.05) is 11.8 Å². The Morgan fingerprint density at radius 2 is 1.19 bits per heavy atom. The van der Waals surface area contributed by atoms with E-state index in [-0.39, 0.29) is 23.8 Å². The lowest BCUT2D eigenvalue weighted by molar-refractivity contribution is -0.138. The zero-order valence-electron chi connectivity index (χ0n) is 10.6. The Bertz CT molecular complexity index is 205. The van der Waals surface area contributed by atoms with Gasteiger partial charge in [-0.2, -0.15) is 0 Å². The van der Waals surface area contributed by atoms with Gasteiger partial charge in [0.2, 0.25) is 19.5 Å². The highest BCUT2D eigenvalue weighted by Gasteiger charge is 2.09.